The summed E-state index contributed by atoms with van der Waals surface area (Å²) >= 11 is 1.59. The van der Waals surface area contributed by atoms with E-state index in [1.807, 2.05) is 30.6 Å². The van der Waals surface area contributed by atoms with Crippen molar-refractivity contribution in [2.75, 3.05) is 18.0 Å². The lowest BCUT2D eigenvalue weighted by molar-refractivity contribution is -0.152. The van der Waals surface area contributed by atoms with Crippen LogP contribution >= 0.6 is 11.3 Å². The number of fused-ring (bicyclic) bond motifs is 1. The van der Waals surface area contributed by atoms with Crippen molar-refractivity contribution in [2.24, 2.45) is 5.41 Å². The van der Waals surface area contributed by atoms with Gasteiger partial charge in [0.2, 0.25) is 5.95 Å². The molecule has 134 valence electrons. The molecule has 2 aromatic heterocycles. The van der Waals surface area contributed by atoms with Crippen LogP contribution in [-0.4, -0.2) is 39.1 Å². The van der Waals surface area contributed by atoms with Crippen LogP contribution in [0.3, 0.4) is 0 Å². The van der Waals surface area contributed by atoms with Gasteiger partial charge in [0, 0.05) is 31.4 Å². The lowest BCUT2D eigenvalue weighted by atomic mass is 9.66. The van der Waals surface area contributed by atoms with Crippen molar-refractivity contribution < 1.29 is 9.90 Å². The molecule has 2 unspecified atom stereocenters. The first-order valence-corrected chi connectivity index (χ1v) is 9.60. The number of thiazole rings is 1. The molecule has 0 amide bonds. The molecule has 1 aromatic carbocycles. The van der Waals surface area contributed by atoms with Gasteiger partial charge in [0.15, 0.2) is 0 Å². The van der Waals surface area contributed by atoms with Crippen LogP contribution in [0.15, 0.2) is 42.2 Å². The Morgan fingerprint density at radius 2 is 2.15 bits per heavy atom. The lowest BCUT2D eigenvalue weighted by Gasteiger charge is -2.45. The third-order valence-electron chi connectivity index (χ3n) is 5.55. The van der Waals surface area contributed by atoms with Gasteiger partial charge in [-0.3, -0.25) is 4.79 Å². The van der Waals surface area contributed by atoms with Crippen LogP contribution in [0.2, 0.25) is 0 Å². The number of carbonyl (C=O) groups is 1. The standard InChI is InChI=1S/C19H20N4O2S/c1-2-19(17(24)25)6-9-23(18-20-7-3-8-21-18)11-14(19)13-4-5-16-15(10-13)22-12-26-16/h3-5,7-8,10,12,14H,2,6,9,11H2,1H3,(H,24,25). The minimum Gasteiger partial charge on any atom is -0.481 e. The van der Waals surface area contributed by atoms with Crippen molar-refractivity contribution in [3.05, 3.63) is 47.7 Å². The van der Waals surface area contributed by atoms with Crippen molar-refractivity contribution >= 4 is 33.5 Å². The number of aliphatic carboxylic acids is 1. The summed E-state index contributed by atoms with van der Waals surface area (Å²) in [5.74, 6) is -0.215. The maximum Gasteiger partial charge on any atom is 0.310 e. The zero-order chi connectivity index (χ0) is 18.1. The van der Waals surface area contributed by atoms with Crippen LogP contribution in [0.5, 0.6) is 0 Å². The first kappa shape index (κ1) is 16.9. The summed E-state index contributed by atoms with van der Waals surface area (Å²) in [6.45, 7) is 3.19. The Bertz CT molecular complexity index is 929. The van der Waals surface area contributed by atoms with Crippen LogP contribution in [-0.2, 0) is 4.79 Å². The minimum atomic E-state index is -0.783. The first-order valence-electron chi connectivity index (χ1n) is 8.72. The summed E-state index contributed by atoms with van der Waals surface area (Å²) < 4.78 is 1.12. The molecule has 0 aliphatic carbocycles. The van der Waals surface area contributed by atoms with Crippen LogP contribution in [0, 0.1) is 5.41 Å². The van der Waals surface area contributed by atoms with Gasteiger partial charge >= 0.3 is 5.97 Å². The van der Waals surface area contributed by atoms with E-state index in [0.29, 0.717) is 31.9 Å². The molecule has 26 heavy (non-hydrogen) atoms. The fraction of sp³-hybridized carbons (Fsp3) is 0.368. The van der Waals surface area contributed by atoms with Gasteiger partial charge in [0.05, 0.1) is 21.1 Å². The predicted molar refractivity (Wildman–Crippen MR) is 102 cm³/mol. The fourth-order valence-corrected chi connectivity index (χ4v) is 4.64. The highest BCUT2D eigenvalue weighted by atomic mass is 32.1. The third-order valence-corrected chi connectivity index (χ3v) is 6.36. The Labute approximate surface area is 155 Å². The number of piperidine rings is 1. The van der Waals surface area contributed by atoms with Crippen molar-refractivity contribution in [1.29, 1.82) is 0 Å². The van der Waals surface area contributed by atoms with Crippen molar-refractivity contribution in [2.45, 2.75) is 25.7 Å². The molecule has 1 aliphatic heterocycles. The van der Waals surface area contributed by atoms with E-state index in [2.05, 4.69) is 19.9 Å². The monoisotopic (exact) mass is 368 g/mol. The minimum absolute atomic E-state index is 0.145. The van der Waals surface area contributed by atoms with E-state index in [-0.39, 0.29) is 5.92 Å². The highest BCUT2D eigenvalue weighted by Crippen LogP contribution is 2.46. The lowest BCUT2D eigenvalue weighted by Crippen LogP contribution is -2.50. The smallest absolute Gasteiger partial charge is 0.310 e. The summed E-state index contributed by atoms with van der Waals surface area (Å²) in [6.07, 6.45) is 4.59. The molecule has 0 bridgehead atoms. The Hall–Kier alpha value is -2.54. The molecule has 1 fully saturated rings. The predicted octanol–water partition coefficient (Wildman–Crippen LogP) is 3.56. The summed E-state index contributed by atoms with van der Waals surface area (Å²) in [7, 11) is 0. The van der Waals surface area contributed by atoms with Gasteiger partial charge < -0.3 is 10.0 Å². The summed E-state index contributed by atoms with van der Waals surface area (Å²) in [5.41, 5.74) is 2.99. The van der Waals surface area contributed by atoms with Crippen molar-refractivity contribution in [1.82, 2.24) is 15.0 Å². The topological polar surface area (TPSA) is 79.2 Å². The summed E-state index contributed by atoms with van der Waals surface area (Å²) in [5, 5.41) is 10.1. The second-order valence-electron chi connectivity index (χ2n) is 6.69. The molecular weight excluding hydrogens is 348 g/mol. The van der Waals surface area contributed by atoms with Gasteiger partial charge in [-0.15, -0.1) is 11.3 Å². The molecular formula is C19H20N4O2S. The number of benzene rings is 1. The molecule has 0 spiro atoms. The number of rotatable bonds is 4. The Balaban J connectivity index is 1.77. The summed E-state index contributed by atoms with van der Waals surface area (Å²) in [6, 6.07) is 7.92. The number of carboxylic acids is 1. The van der Waals surface area contributed by atoms with Gasteiger partial charge in [-0.25, -0.2) is 15.0 Å². The van der Waals surface area contributed by atoms with E-state index >= 15 is 0 Å². The Morgan fingerprint density at radius 1 is 1.35 bits per heavy atom. The molecule has 4 rings (SSSR count). The molecule has 7 heteroatoms. The number of anilines is 1. The number of nitrogens with zero attached hydrogens (tertiary/aromatic N) is 4. The van der Waals surface area contributed by atoms with E-state index in [1.165, 1.54) is 0 Å². The molecule has 0 saturated carbocycles. The number of hydrogen-bond acceptors (Lipinski definition) is 6. The highest BCUT2D eigenvalue weighted by molar-refractivity contribution is 7.16. The van der Waals surface area contributed by atoms with Gasteiger partial charge in [-0.1, -0.05) is 13.0 Å². The van der Waals surface area contributed by atoms with E-state index < -0.39 is 11.4 Å². The molecule has 2 atom stereocenters. The molecule has 0 radical (unpaired) electrons. The molecule has 1 saturated heterocycles. The highest BCUT2D eigenvalue weighted by Gasteiger charge is 2.48. The normalized spacial score (nSPS) is 23.3. The van der Waals surface area contributed by atoms with Crippen LogP contribution in [0.1, 0.15) is 31.2 Å². The second-order valence-corrected chi connectivity index (χ2v) is 7.58. The molecule has 3 aromatic rings. The van der Waals surface area contributed by atoms with E-state index in [9.17, 15) is 9.90 Å². The van der Waals surface area contributed by atoms with E-state index in [0.717, 1.165) is 15.8 Å². The zero-order valence-electron chi connectivity index (χ0n) is 14.5. The zero-order valence-corrected chi connectivity index (χ0v) is 15.3. The van der Waals surface area contributed by atoms with E-state index in [1.54, 1.807) is 29.8 Å². The van der Waals surface area contributed by atoms with Crippen molar-refractivity contribution in [3.63, 3.8) is 0 Å². The summed E-state index contributed by atoms with van der Waals surface area (Å²) in [4.78, 5) is 27.5. The first-order chi connectivity index (χ1) is 12.6. The molecule has 3 heterocycles. The van der Waals surface area contributed by atoms with Crippen molar-refractivity contribution in [3.8, 4) is 0 Å². The van der Waals surface area contributed by atoms with Gasteiger partial charge in [0.25, 0.3) is 0 Å². The number of aromatic nitrogens is 3. The van der Waals surface area contributed by atoms with Crippen LogP contribution in [0.25, 0.3) is 10.2 Å². The van der Waals surface area contributed by atoms with E-state index in [4.69, 9.17) is 0 Å². The Kier molecular flexibility index (Phi) is 4.32. The quantitative estimate of drug-likeness (QED) is 0.758. The largest absolute Gasteiger partial charge is 0.481 e. The molecule has 1 aliphatic rings. The van der Waals surface area contributed by atoms with Gasteiger partial charge in [-0.2, -0.15) is 0 Å². The molecule has 6 nitrogen and oxygen atoms in total. The van der Waals surface area contributed by atoms with Gasteiger partial charge in [0.1, 0.15) is 0 Å². The number of hydrogen-bond donors (Lipinski definition) is 1. The SMILES string of the molecule is CCC1(C(=O)O)CCN(c2ncccn2)CC1c1ccc2scnc2c1. The third kappa shape index (κ3) is 2.72. The average molecular weight is 368 g/mol. The average Bonchev–Trinajstić information content (AvgIpc) is 3.15. The maximum atomic E-state index is 12.3. The second kappa shape index (κ2) is 6.64. The number of carboxylic acid groups (broad SMARTS) is 1. The fourth-order valence-electron chi connectivity index (χ4n) is 3.98. The molecule has 1 N–H and O–H groups in total. The van der Waals surface area contributed by atoms with Crippen LogP contribution in [0.4, 0.5) is 5.95 Å². The maximum absolute atomic E-state index is 12.3. The Morgan fingerprint density at radius 3 is 2.88 bits per heavy atom. The van der Waals surface area contributed by atoms with Gasteiger partial charge in [-0.05, 0) is 36.6 Å². The van der Waals surface area contributed by atoms with Crippen LogP contribution < -0.4 is 4.90 Å².